The summed E-state index contributed by atoms with van der Waals surface area (Å²) in [6.45, 7) is 0.122. The van der Waals surface area contributed by atoms with Gasteiger partial charge < -0.3 is 10.0 Å². The Morgan fingerprint density at radius 2 is 2.29 bits per heavy atom. The molecule has 1 aromatic heterocycles. The van der Waals surface area contributed by atoms with Crippen LogP contribution in [0.1, 0.15) is 10.7 Å². The van der Waals surface area contributed by atoms with Crippen LogP contribution in [0.15, 0.2) is 17.3 Å². The Morgan fingerprint density at radius 1 is 1.65 bits per heavy atom. The highest BCUT2D eigenvalue weighted by molar-refractivity contribution is 7.80. The van der Waals surface area contributed by atoms with Gasteiger partial charge in [-0.1, -0.05) is 0 Å². The smallest absolute Gasteiger partial charge is 0.434 e. The molecule has 0 aliphatic heterocycles. The molecule has 0 radical (unpaired) electrons. The molecular weight excluding hydrogens is 273 g/mol. The Balaban J connectivity index is 2.70. The number of thiol groups is 1. The second kappa shape index (κ2) is 5.63. The second-order valence-corrected chi connectivity index (χ2v) is 4.53. The molecule has 0 aromatic carbocycles. The molecule has 17 heavy (non-hydrogen) atoms. The van der Waals surface area contributed by atoms with Crippen molar-refractivity contribution in [3.05, 3.63) is 28.0 Å². The van der Waals surface area contributed by atoms with Crippen LogP contribution in [0.2, 0.25) is 0 Å². The molecule has 0 bridgehead atoms. The highest BCUT2D eigenvalue weighted by atomic mass is 32.1. The van der Waals surface area contributed by atoms with Gasteiger partial charge in [0.15, 0.2) is 11.6 Å². The highest BCUT2D eigenvalue weighted by Gasteiger charge is 2.33. The summed E-state index contributed by atoms with van der Waals surface area (Å²) in [6.07, 6.45) is -2.97. The largest absolute Gasteiger partial charge is 0.495 e. The van der Waals surface area contributed by atoms with Crippen molar-refractivity contribution in [2.24, 2.45) is 0 Å². The van der Waals surface area contributed by atoms with E-state index in [4.69, 9.17) is 0 Å². The lowest BCUT2D eigenvalue weighted by molar-refractivity contribution is -0.140. The molecule has 1 rings (SSSR count). The predicted molar refractivity (Wildman–Crippen MR) is 63.1 cm³/mol. The fourth-order valence-electron chi connectivity index (χ4n) is 1.04. The van der Waals surface area contributed by atoms with Crippen LogP contribution in [0.4, 0.5) is 13.2 Å². The Kier molecular flexibility index (Phi) is 4.70. The summed E-state index contributed by atoms with van der Waals surface area (Å²) in [5.74, 6) is 0.311. The molecule has 0 unspecified atom stereocenters. The first kappa shape index (κ1) is 14.2. The van der Waals surface area contributed by atoms with Crippen LogP contribution in [-0.2, 0) is 12.7 Å². The monoisotopic (exact) mass is 284 g/mol. The number of aliphatic hydroxyl groups is 1. The van der Waals surface area contributed by atoms with Crippen molar-refractivity contribution < 1.29 is 18.3 Å². The van der Waals surface area contributed by atoms with Crippen LogP contribution in [0, 0.1) is 0 Å². The first-order valence-electron chi connectivity index (χ1n) is 4.57. The van der Waals surface area contributed by atoms with Crippen molar-refractivity contribution in [1.29, 1.82) is 0 Å². The van der Waals surface area contributed by atoms with Crippen LogP contribution < -0.4 is 0 Å². The van der Waals surface area contributed by atoms with Gasteiger partial charge in [-0.05, 0) is 6.08 Å². The van der Waals surface area contributed by atoms with Gasteiger partial charge in [0, 0.05) is 18.2 Å². The lowest BCUT2D eigenvalue weighted by Crippen LogP contribution is -2.17. The molecule has 0 saturated carbocycles. The normalized spacial score (nSPS) is 12.9. The summed E-state index contributed by atoms with van der Waals surface area (Å²) in [5.41, 5.74) is -0.899. The zero-order valence-corrected chi connectivity index (χ0v) is 10.6. The van der Waals surface area contributed by atoms with Gasteiger partial charge in [0.25, 0.3) is 0 Å². The first-order valence-corrected chi connectivity index (χ1v) is 6.08. The van der Waals surface area contributed by atoms with Gasteiger partial charge >= 0.3 is 6.18 Å². The summed E-state index contributed by atoms with van der Waals surface area (Å²) >= 11 is 4.81. The van der Waals surface area contributed by atoms with Crippen LogP contribution in [-0.4, -0.2) is 27.8 Å². The summed E-state index contributed by atoms with van der Waals surface area (Å²) in [4.78, 5) is 4.86. The van der Waals surface area contributed by atoms with Gasteiger partial charge in [-0.25, -0.2) is 4.98 Å². The fraction of sp³-hybridized carbons (Fsp3) is 0.444. The molecule has 0 fully saturated rings. The summed E-state index contributed by atoms with van der Waals surface area (Å²) < 4.78 is 36.8. The van der Waals surface area contributed by atoms with Crippen LogP contribution in [0.3, 0.4) is 0 Å². The summed E-state index contributed by atoms with van der Waals surface area (Å²) in [6, 6.07) is 0. The van der Waals surface area contributed by atoms with E-state index in [9.17, 15) is 18.3 Å². The van der Waals surface area contributed by atoms with E-state index in [1.807, 2.05) is 0 Å². The molecule has 8 heteroatoms. The number of alkyl halides is 3. The molecule has 1 aromatic rings. The molecule has 1 N–H and O–H groups in total. The van der Waals surface area contributed by atoms with Crippen LogP contribution in [0.25, 0.3) is 0 Å². The first-order chi connectivity index (χ1) is 7.84. The standard InChI is InChI=1S/C9H11F3N2OS2/c1-14(8(15)2-3-16)4-7-13-6(5-17-7)9(10,11)12/h2,5,15-16H,3-4H2,1H3/b8-2-. The molecule has 0 aliphatic carbocycles. The molecule has 0 saturated heterocycles. The third kappa shape index (κ3) is 4.12. The minimum Gasteiger partial charge on any atom is -0.495 e. The number of nitrogens with zero attached hydrogens (tertiary/aromatic N) is 2. The van der Waals surface area contributed by atoms with Gasteiger partial charge in [0.1, 0.15) is 5.01 Å². The number of aromatic nitrogens is 1. The van der Waals surface area contributed by atoms with E-state index < -0.39 is 11.9 Å². The summed E-state index contributed by atoms with van der Waals surface area (Å²) in [5, 5.41) is 10.7. The van der Waals surface area contributed by atoms with Crippen molar-refractivity contribution in [1.82, 2.24) is 9.88 Å². The zero-order valence-electron chi connectivity index (χ0n) is 8.90. The van der Waals surface area contributed by atoms with Crippen molar-refractivity contribution >= 4 is 24.0 Å². The molecule has 3 nitrogen and oxygen atoms in total. The minimum atomic E-state index is -4.42. The Morgan fingerprint density at radius 3 is 2.76 bits per heavy atom. The maximum atomic E-state index is 12.3. The SMILES string of the molecule is CN(Cc1nc(C(F)(F)F)cs1)/C(O)=C/CS. The van der Waals surface area contributed by atoms with Gasteiger partial charge in [0.05, 0.1) is 6.54 Å². The lowest BCUT2D eigenvalue weighted by atomic mass is 10.5. The van der Waals surface area contributed by atoms with E-state index in [0.29, 0.717) is 10.8 Å². The topological polar surface area (TPSA) is 36.4 Å². The lowest BCUT2D eigenvalue weighted by Gasteiger charge is -2.15. The average Bonchev–Trinajstić information content (AvgIpc) is 2.66. The van der Waals surface area contributed by atoms with Gasteiger partial charge in [-0.15, -0.1) is 11.3 Å². The van der Waals surface area contributed by atoms with E-state index in [-0.39, 0.29) is 12.4 Å². The number of hydrogen-bond acceptors (Lipinski definition) is 5. The van der Waals surface area contributed by atoms with Gasteiger partial charge in [0.2, 0.25) is 0 Å². The van der Waals surface area contributed by atoms with Crippen molar-refractivity contribution in [3.8, 4) is 0 Å². The molecular formula is C9H11F3N2OS2. The van der Waals surface area contributed by atoms with Gasteiger partial charge in [-0.3, -0.25) is 0 Å². The van der Waals surface area contributed by atoms with E-state index in [2.05, 4.69) is 17.6 Å². The van der Waals surface area contributed by atoms with E-state index in [1.54, 1.807) is 7.05 Å². The Labute approximate surface area is 106 Å². The van der Waals surface area contributed by atoms with Crippen LogP contribution >= 0.6 is 24.0 Å². The van der Waals surface area contributed by atoms with Crippen molar-refractivity contribution in [2.75, 3.05) is 12.8 Å². The molecule has 1 heterocycles. The van der Waals surface area contributed by atoms with E-state index in [0.717, 1.165) is 16.7 Å². The Hall–Kier alpha value is -0.890. The van der Waals surface area contributed by atoms with E-state index >= 15 is 0 Å². The molecule has 0 atom stereocenters. The molecule has 0 amide bonds. The summed E-state index contributed by atoms with van der Waals surface area (Å²) in [7, 11) is 1.56. The minimum absolute atomic E-state index is 0.0382. The zero-order chi connectivity index (χ0) is 13.1. The maximum absolute atomic E-state index is 12.3. The number of thiazole rings is 1. The van der Waals surface area contributed by atoms with Gasteiger partial charge in [-0.2, -0.15) is 25.8 Å². The quantitative estimate of drug-likeness (QED) is 0.659. The molecule has 96 valence electrons. The van der Waals surface area contributed by atoms with Crippen molar-refractivity contribution in [3.63, 3.8) is 0 Å². The van der Waals surface area contributed by atoms with E-state index in [1.165, 1.54) is 11.0 Å². The molecule has 0 spiro atoms. The van der Waals surface area contributed by atoms with Crippen molar-refractivity contribution in [2.45, 2.75) is 12.7 Å². The number of halogens is 3. The average molecular weight is 284 g/mol. The maximum Gasteiger partial charge on any atom is 0.434 e. The third-order valence-electron chi connectivity index (χ3n) is 1.88. The van der Waals surface area contributed by atoms with Crippen LogP contribution in [0.5, 0.6) is 0 Å². The fourth-order valence-corrected chi connectivity index (χ4v) is 2.05. The molecule has 0 aliphatic rings. The number of hydrogen-bond donors (Lipinski definition) is 2. The highest BCUT2D eigenvalue weighted by Crippen LogP contribution is 2.30. The predicted octanol–water partition coefficient (Wildman–Crippen LogP) is 2.92. The number of rotatable bonds is 4. The Bertz CT molecular complexity index is 403. The third-order valence-corrected chi connectivity index (χ3v) is 2.90. The second-order valence-electron chi connectivity index (χ2n) is 3.23. The number of aliphatic hydroxyl groups excluding tert-OH is 1.